The number of fused-ring (bicyclic) bond motifs is 1. The zero-order chi connectivity index (χ0) is 25.2. The molecule has 2 aliphatic rings. The molecule has 1 aliphatic carbocycles. The molecule has 0 saturated carbocycles. The third-order valence-electron chi connectivity index (χ3n) is 6.33. The van der Waals surface area contributed by atoms with Gasteiger partial charge >= 0.3 is 0 Å². The maximum absolute atomic E-state index is 13.0. The average Bonchev–Trinajstić information content (AvgIpc) is 3.15. The van der Waals surface area contributed by atoms with Gasteiger partial charge in [-0.1, -0.05) is 72.4 Å². The van der Waals surface area contributed by atoms with Crippen LogP contribution in [-0.4, -0.2) is 41.2 Å². The van der Waals surface area contributed by atoms with E-state index >= 15 is 0 Å². The Morgan fingerprint density at radius 2 is 1.80 bits per heavy atom. The van der Waals surface area contributed by atoms with Crippen LogP contribution in [0.25, 0.3) is 0 Å². The normalized spacial score (nSPS) is 31.2. The topological polar surface area (TPSA) is 95.9 Å². The van der Waals surface area contributed by atoms with Crippen molar-refractivity contribution in [1.29, 1.82) is 0 Å². The maximum Gasteiger partial charge on any atom is 0.244 e. The average molecular weight is 478 g/mol. The van der Waals surface area contributed by atoms with Gasteiger partial charge in [-0.25, -0.2) is 0 Å². The summed E-state index contributed by atoms with van der Waals surface area (Å²) in [6.07, 6.45) is 13.4. The number of ether oxygens (including phenoxy) is 1. The fraction of sp³-hybridized carbons (Fsp3) is 0.379. The van der Waals surface area contributed by atoms with Gasteiger partial charge in [-0.15, -0.1) is 0 Å². The van der Waals surface area contributed by atoms with Crippen LogP contribution < -0.4 is 5.32 Å². The second-order valence-electron chi connectivity index (χ2n) is 9.03. The van der Waals surface area contributed by atoms with E-state index in [0.29, 0.717) is 31.3 Å². The lowest BCUT2D eigenvalue weighted by Gasteiger charge is -2.17. The number of aliphatic hydroxyl groups excluding tert-OH is 2. The predicted octanol–water partition coefficient (Wildman–Crippen LogP) is 4.81. The zero-order valence-corrected chi connectivity index (χ0v) is 20.4. The van der Waals surface area contributed by atoms with Gasteiger partial charge in [0.1, 0.15) is 11.9 Å². The van der Waals surface area contributed by atoms with Crippen LogP contribution in [0.1, 0.15) is 50.6 Å². The Morgan fingerprint density at radius 1 is 1.06 bits per heavy atom. The monoisotopic (exact) mass is 477 g/mol. The number of methoxy groups -OCH3 is 1. The molecule has 35 heavy (non-hydrogen) atoms. The molecule has 0 saturated heterocycles. The molecule has 1 aliphatic heterocycles. The van der Waals surface area contributed by atoms with Crippen LogP contribution in [0.5, 0.6) is 0 Å². The Kier molecular flexibility index (Phi) is 9.82. The van der Waals surface area contributed by atoms with E-state index in [1.807, 2.05) is 61.6 Å². The van der Waals surface area contributed by atoms with Crippen LogP contribution in [0.15, 0.2) is 89.8 Å². The van der Waals surface area contributed by atoms with Crippen molar-refractivity contribution in [2.45, 2.75) is 57.3 Å². The minimum absolute atomic E-state index is 0.0444. The van der Waals surface area contributed by atoms with Gasteiger partial charge < -0.3 is 20.3 Å². The van der Waals surface area contributed by atoms with Crippen molar-refractivity contribution in [2.75, 3.05) is 7.11 Å². The molecule has 4 atom stereocenters. The first-order valence-electron chi connectivity index (χ1n) is 12.1. The number of aliphatic hydroxyl groups is 2. The summed E-state index contributed by atoms with van der Waals surface area (Å²) < 4.78 is 5.35. The number of allylic oxidation sites excluding steroid dienone is 7. The molecule has 0 unspecified atom stereocenters. The second-order valence-corrected chi connectivity index (χ2v) is 9.03. The minimum Gasteiger partial charge on any atom is -0.509 e. The van der Waals surface area contributed by atoms with Gasteiger partial charge in [0, 0.05) is 31.1 Å². The lowest BCUT2D eigenvalue weighted by molar-refractivity contribution is -0.118. The Morgan fingerprint density at radius 3 is 2.54 bits per heavy atom. The number of carbonyl (C=O) groups excluding carboxylic acids is 2. The SMILES string of the molecule is CO[C@H]1C[C@H]2\C=C(C)/C=C/C=C\C(=O)N[C@@H](c3ccccc3)C/C=C/CC[C@@H](O)CC(=O)C2=C1O. The number of rotatable bonds is 2. The summed E-state index contributed by atoms with van der Waals surface area (Å²) in [5, 5.41) is 24.1. The molecule has 6 nitrogen and oxygen atoms in total. The predicted molar refractivity (Wildman–Crippen MR) is 137 cm³/mol. The van der Waals surface area contributed by atoms with Gasteiger partial charge in [0.15, 0.2) is 5.78 Å². The summed E-state index contributed by atoms with van der Waals surface area (Å²) in [4.78, 5) is 25.5. The summed E-state index contributed by atoms with van der Waals surface area (Å²) in [6.45, 7) is 1.90. The molecule has 6 heteroatoms. The molecule has 0 fully saturated rings. The first-order valence-corrected chi connectivity index (χ1v) is 12.1. The smallest absolute Gasteiger partial charge is 0.244 e. The quantitative estimate of drug-likeness (QED) is 0.532. The van der Waals surface area contributed by atoms with Crippen LogP contribution in [-0.2, 0) is 14.3 Å². The largest absolute Gasteiger partial charge is 0.509 e. The fourth-order valence-electron chi connectivity index (χ4n) is 4.50. The molecular weight excluding hydrogens is 442 g/mol. The Balaban J connectivity index is 1.84. The van der Waals surface area contributed by atoms with Crippen molar-refractivity contribution in [3.8, 4) is 0 Å². The van der Waals surface area contributed by atoms with Crippen molar-refractivity contribution < 1.29 is 24.5 Å². The number of Topliss-reactive ketones (excluding diaryl/α,β-unsaturated/α-hetero) is 1. The van der Waals surface area contributed by atoms with E-state index in [1.165, 1.54) is 13.2 Å². The molecule has 0 spiro atoms. The van der Waals surface area contributed by atoms with E-state index in [1.54, 1.807) is 12.2 Å². The Labute approximate surface area is 207 Å². The van der Waals surface area contributed by atoms with Crippen molar-refractivity contribution in [1.82, 2.24) is 5.32 Å². The summed E-state index contributed by atoms with van der Waals surface area (Å²) in [5.41, 5.74) is 2.22. The van der Waals surface area contributed by atoms with Crippen molar-refractivity contribution in [2.24, 2.45) is 5.92 Å². The van der Waals surface area contributed by atoms with E-state index < -0.39 is 12.2 Å². The molecule has 186 valence electrons. The van der Waals surface area contributed by atoms with E-state index in [0.717, 1.165) is 11.1 Å². The van der Waals surface area contributed by atoms with Crippen LogP contribution >= 0.6 is 0 Å². The maximum atomic E-state index is 13.0. The highest BCUT2D eigenvalue weighted by molar-refractivity contribution is 5.97. The lowest BCUT2D eigenvalue weighted by atomic mass is 9.92. The van der Waals surface area contributed by atoms with E-state index in [4.69, 9.17) is 4.74 Å². The van der Waals surface area contributed by atoms with Gasteiger partial charge in [0.05, 0.1) is 12.1 Å². The Hall–Kier alpha value is -3.22. The van der Waals surface area contributed by atoms with Gasteiger partial charge in [0.2, 0.25) is 5.91 Å². The number of hydrogen-bond donors (Lipinski definition) is 3. The highest BCUT2D eigenvalue weighted by Crippen LogP contribution is 2.36. The number of nitrogens with one attached hydrogen (secondary N) is 1. The summed E-state index contributed by atoms with van der Waals surface area (Å²) >= 11 is 0. The molecule has 1 heterocycles. The standard InChI is InChI=1S/C29H35NO5/c1-20-11-9-10-16-27(33)30-24(21-12-5-3-6-13-21)15-8-4-7-14-23(31)19-25(32)28-22(17-20)18-26(35-2)29(28)34/h3-6,8-13,16-17,22-24,26,31,34H,7,14-15,18-19H2,1-2H3,(H,30,33)/b8-4+,11-9+,16-10-,20-17-/t22-,23-,24-,26+/m1/s1. The van der Waals surface area contributed by atoms with Crippen LogP contribution in [0, 0.1) is 5.92 Å². The van der Waals surface area contributed by atoms with Gasteiger partial charge in [-0.05, 0) is 38.2 Å². The minimum atomic E-state index is -0.810. The van der Waals surface area contributed by atoms with E-state index in [2.05, 4.69) is 5.32 Å². The first-order chi connectivity index (χ1) is 16.9. The number of ketones is 1. The Bertz CT molecular complexity index is 1030. The van der Waals surface area contributed by atoms with E-state index in [9.17, 15) is 19.8 Å². The highest BCUT2D eigenvalue weighted by Gasteiger charge is 2.36. The van der Waals surface area contributed by atoms with Crippen molar-refractivity contribution in [3.05, 3.63) is 95.3 Å². The van der Waals surface area contributed by atoms with Crippen LogP contribution in [0.4, 0.5) is 0 Å². The molecule has 1 aromatic rings. The molecule has 1 aromatic carbocycles. The van der Waals surface area contributed by atoms with Crippen molar-refractivity contribution >= 4 is 11.7 Å². The van der Waals surface area contributed by atoms with Crippen LogP contribution in [0.2, 0.25) is 0 Å². The second kappa shape index (κ2) is 13.0. The number of amides is 1. The summed E-state index contributed by atoms with van der Waals surface area (Å²) in [7, 11) is 1.51. The third kappa shape index (κ3) is 7.64. The molecule has 1 amide bonds. The number of hydrogen-bond acceptors (Lipinski definition) is 5. The molecule has 0 bridgehead atoms. The summed E-state index contributed by atoms with van der Waals surface area (Å²) in [6, 6.07) is 9.61. The number of carbonyl (C=O) groups is 2. The molecule has 3 N–H and O–H groups in total. The molecule has 3 rings (SSSR count). The molecule has 0 radical (unpaired) electrons. The van der Waals surface area contributed by atoms with Gasteiger partial charge in [-0.2, -0.15) is 0 Å². The zero-order valence-electron chi connectivity index (χ0n) is 20.4. The van der Waals surface area contributed by atoms with E-state index in [-0.39, 0.29) is 35.8 Å². The molecular formula is C29H35NO5. The lowest BCUT2D eigenvalue weighted by Crippen LogP contribution is -2.26. The third-order valence-corrected chi connectivity index (χ3v) is 6.33. The fourth-order valence-corrected chi connectivity index (χ4v) is 4.50. The van der Waals surface area contributed by atoms with Crippen LogP contribution in [0.3, 0.4) is 0 Å². The molecule has 0 aromatic heterocycles. The van der Waals surface area contributed by atoms with Gasteiger partial charge in [-0.3, -0.25) is 9.59 Å². The summed E-state index contributed by atoms with van der Waals surface area (Å²) in [5.74, 6) is -0.790. The first kappa shape index (κ1) is 26.4. The highest BCUT2D eigenvalue weighted by atomic mass is 16.5. The number of benzene rings is 1. The van der Waals surface area contributed by atoms with Crippen molar-refractivity contribution in [3.63, 3.8) is 0 Å². The van der Waals surface area contributed by atoms with Gasteiger partial charge in [0.25, 0.3) is 0 Å².